The molecular weight excluding hydrogens is 358 g/mol. The van der Waals surface area contributed by atoms with E-state index in [0.29, 0.717) is 18.4 Å². The number of hydrogen-bond donors (Lipinski definition) is 2. The molecule has 18 heavy (non-hydrogen) atoms. The molecule has 1 aromatic carbocycles. The van der Waals surface area contributed by atoms with Crippen molar-refractivity contribution >= 4 is 37.8 Å². The van der Waals surface area contributed by atoms with E-state index in [2.05, 4.69) is 69.0 Å². The van der Waals surface area contributed by atoms with Crippen LogP contribution < -0.4 is 11.1 Å². The molecule has 3 N–H and O–H groups in total. The Kier molecular flexibility index (Phi) is 4.02. The van der Waals surface area contributed by atoms with Crippen molar-refractivity contribution in [1.82, 2.24) is 5.32 Å². The number of nitrogens with zero attached hydrogens (tertiary/aromatic N) is 1. The van der Waals surface area contributed by atoms with Crippen molar-refractivity contribution < 1.29 is 0 Å². The maximum Gasteiger partial charge on any atom is 0.189 e. The molecule has 0 amide bonds. The van der Waals surface area contributed by atoms with Crippen LogP contribution >= 0.6 is 31.9 Å². The lowest BCUT2D eigenvalue weighted by Gasteiger charge is -2.21. The highest BCUT2D eigenvalue weighted by molar-refractivity contribution is 9.13. The van der Waals surface area contributed by atoms with Crippen molar-refractivity contribution in [1.29, 1.82) is 0 Å². The van der Waals surface area contributed by atoms with Gasteiger partial charge in [0.2, 0.25) is 0 Å². The van der Waals surface area contributed by atoms with E-state index in [-0.39, 0.29) is 6.04 Å². The van der Waals surface area contributed by atoms with E-state index in [1.807, 2.05) is 0 Å². The molecule has 0 spiro atoms. The van der Waals surface area contributed by atoms with Crippen molar-refractivity contribution in [2.45, 2.75) is 32.7 Å². The number of nitrogens with one attached hydrogen (secondary N) is 1. The highest BCUT2D eigenvalue weighted by Gasteiger charge is 2.23. The molecule has 1 aromatic rings. The zero-order valence-electron chi connectivity index (χ0n) is 10.7. The average molecular weight is 375 g/mol. The van der Waals surface area contributed by atoms with Crippen molar-refractivity contribution in [3.8, 4) is 0 Å². The normalized spacial score (nSPS) is 19.0. The fourth-order valence-electron chi connectivity index (χ4n) is 2.44. The quantitative estimate of drug-likeness (QED) is 0.830. The van der Waals surface area contributed by atoms with Crippen molar-refractivity contribution in [2.24, 2.45) is 10.7 Å². The minimum absolute atomic E-state index is 0.187. The third-order valence-corrected chi connectivity index (χ3v) is 5.30. The molecule has 1 aliphatic heterocycles. The maximum atomic E-state index is 5.70. The zero-order chi connectivity index (χ0) is 13.4. The Morgan fingerprint density at radius 3 is 2.61 bits per heavy atom. The number of halogens is 2. The number of hydrogen-bond acceptors (Lipinski definition) is 3. The molecule has 1 aliphatic rings. The van der Waals surface area contributed by atoms with Gasteiger partial charge in [-0.05, 0) is 67.5 Å². The van der Waals surface area contributed by atoms with Crippen LogP contribution in [0.3, 0.4) is 0 Å². The van der Waals surface area contributed by atoms with Gasteiger partial charge in [0.15, 0.2) is 5.96 Å². The van der Waals surface area contributed by atoms with Gasteiger partial charge in [-0.2, -0.15) is 0 Å². The molecule has 98 valence electrons. The van der Waals surface area contributed by atoms with Crippen LogP contribution in [0.2, 0.25) is 0 Å². The Morgan fingerprint density at radius 2 is 2.11 bits per heavy atom. The second-order valence-electron chi connectivity index (χ2n) is 4.88. The van der Waals surface area contributed by atoms with Gasteiger partial charge in [-0.25, -0.2) is 0 Å². The number of benzene rings is 1. The standard InChI is InChI=1S/C13H17Br2N3/c1-6(2)11-7(3)8(4-9(14)12(11)15)10-5-17-13(16)18-10/h4,6,10H,5H2,1-3H3,(H3,16,17,18). The van der Waals surface area contributed by atoms with Gasteiger partial charge in [0.25, 0.3) is 0 Å². The molecule has 0 fully saturated rings. The fourth-order valence-corrected chi connectivity index (χ4v) is 3.77. The first-order valence-electron chi connectivity index (χ1n) is 5.96. The van der Waals surface area contributed by atoms with Gasteiger partial charge in [0.1, 0.15) is 0 Å². The lowest BCUT2D eigenvalue weighted by Crippen LogP contribution is -2.30. The summed E-state index contributed by atoms with van der Waals surface area (Å²) in [6.45, 7) is 7.28. The van der Waals surface area contributed by atoms with Gasteiger partial charge in [0, 0.05) is 8.95 Å². The van der Waals surface area contributed by atoms with Crippen LogP contribution in [0.25, 0.3) is 0 Å². The number of nitrogens with two attached hydrogens (primary N) is 1. The fraction of sp³-hybridized carbons (Fsp3) is 0.462. The van der Waals surface area contributed by atoms with Crippen LogP contribution in [0.4, 0.5) is 0 Å². The van der Waals surface area contributed by atoms with Crippen molar-refractivity contribution in [2.75, 3.05) is 6.54 Å². The Bertz CT molecular complexity index is 509. The van der Waals surface area contributed by atoms with Gasteiger partial charge in [0.05, 0.1) is 12.6 Å². The Balaban J connectivity index is 2.49. The maximum absolute atomic E-state index is 5.70. The third kappa shape index (κ3) is 2.43. The summed E-state index contributed by atoms with van der Waals surface area (Å²) in [5, 5.41) is 3.22. The largest absolute Gasteiger partial charge is 0.370 e. The van der Waals surface area contributed by atoms with Gasteiger partial charge in [-0.15, -0.1) is 0 Å². The highest BCUT2D eigenvalue weighted by Crippen LogP contribution is 2.38. The Morgan fingerprint density at radius 1 is 1.44 bits per heavy atom. The van der Waals surface area contributed by atoms with Gasteiger partial charge in [-0.1, -0.05) is 13.8 Å². The smallest absolute Gasteiger partial charge is 0.189 e. The molecule has 0 radical (unpaired) electrons. The molecule has 0 bridgehead atoms. The van der Waals surface area contributed by atoms with Gasteiger partial charge < -0.3 is 11.1 Å². The Labute approximate surface area is 125 Å². The molecule has 0 saturated carbocycles. The van der Waals surface area contributed by atoms with E-state index in [4.69, 9.17) is 5.73 Å². The monoisotopic (exact) mass is 373 g/mol. The van der Waals surface area contributed by atoms with Gasteiger partial charge in [-0.3, -0.25) is 4.99 Å². The van der Waals surface area contributed by atoms with E-state index < -0.39 is 0 Å². The molecule has 1 unspecified atom stereocenters. The van der Waals surface area contributed by atoms with Crippen LogP contribution in [-0.2, 0) is 0 Å². The molecule has 3 nitrogen and oxygen atoms in total. The summed E-state index contributed by atoms with van der Waals surface area (Å²) in [6.07, 6.45) is 0. The van der Waals surface area contributed by atoms with Crippen LogP contribution in [-0.4, -0.2) is 12.5 Å². The lowest BCUT2D eigenvalue weighted by atomic mass is 9.91. The Hall–Kier alpha value is -0.550. The first-order valence-corrected chi connectivity index (χ1v) is 7.55. The zero-order valence-corrected chi connectivity index (χ0v) is 13.9. The number of rotatable bonds is 2. The predicted octanol–water partition coefficient (Wildman–Crippen LogP) is 3.60. The molecule has 2 rings (SSSR count). The van der Waals surface area contributed by atoms with E-state index in [1.165, 1.54) is 16.7 Å². The average Bonchev–Trinajstić information content (AvgIpc) is 2.70. The van der Waals surface area contributed by atoms with Crippen LogP contribution in [0, 0.1) is 6.92 Å². The number of guanidine groups is 1. The minimum Gasteiger partial charge on any atom is -0.370 e. The summed E-state index contributed by atoms with van der Waals surface area (Å²) in [5.41, 5.74) is 9.61. The summed E-state index contributed by atoms with van der Waals surface area (Å²) in [6, 6.07) is 2.34. The van der Waals surface area contributed by atoms with E-state index in [1.54, 1.807) is 0 Å². The first kappa shape index (κ1) is 13.9. The van der Waals surface area contributed by atoms with E-state index in [9.17, 15) is 0 Å². The van der Waals surface area contributed by atoms with Crippen LogP contribution in [0.15, 0.2) is 20.0 Å². The van der Waals surface area contributed by atoms with Crippen LogP contribution in [0.5, 0.6) is 0 Å². The highest BCUT2D eigenvalue weighted by atomic mass is 79.9. The lowest BCUT2D eigenvalue weighted by molar-refractivity contribution is 0.696. The van der Waals surface area contributed by atoms with E-state index in [0.717, 1.165) is 8.95 Å². The first-order chi connectivity index (χ1) is 8.41. The van der Waals surface area contributed by atoms with E-state index >= 15 is 0 Å². The summed E-state index contributed by atoms with van der Waals surface area (Å²) in [4.78, 5) is 4.22. The van der Waals surface area contributed by atoms with Crippen LogP contribution in [0.1, 0.15) is 42.5 Å². The second kappa shape index (κ2) is 5.21. The SMILES string of the molecule is Cc1c(C2CN=C(N)N2)cc(Br)c(Br)c1C(C)C. The third-order valence-electron chi connectivity index (χ3n) is 3.28. The van der Waals surface area contributed by atoms with Gasteiger partial charge >= 0.3 is 0 Å². The second-order valence-corrected chi connectivity index (χ2v) is 6.53. The molecule has 5 heteroatoms. The molecule has 0 saturated heterocycles. The molecule has 1 heterocycles. The molecule has 1 atom stereocenters. The minimum atomic E-state index is 0.187. The topological polar surface area (TPSA) is 50.4 Å². The molecule has 0 aliphatic carbocycles. The summed E-state index contributed by atoms with van der Waals surface area (Å²) >= 11 is 7.28. The summed E-state index contributed by atoms with van der Waals surface area (Å²) in [7, 11) is 0. The number of aliphatic imine (C=N–C) groups is 1. The summed E-state index contributed by atoms with van der Waals surface area (Å²) in [5.74, 6) is 1.000. The van der Waals surface area contributed by atoms with Crippen molar-refractivity contribution in [3.63, 3.8) is 0 Å². The predicted molar refractivity (Wildman–Crippen MR) is 83.0 cm³/mol. The molecular formula is C13H17Br2N3. The summed E-state index contributed by atoms with van der Waals surface area (Å²) < 4.78 is 2.23. The van der Waals surface area contributed by atoms with Crippen molar-refractivity contribution in [3.05, 3.63) is 31.7 Å². The molecule has 0 aromatic heterocycles.